The standard InChI is InChI=1S/C21H26/c1-4-5-14-9-17-16-10-15(16)6-7-20(17,3)19-8-13(2)18-12-21(18,19)11-14/h4,8-9,12,15-17,19H,1,5-7,10-11H2,2-3H3. The fraction of sp³-hybridized carbons (Fsp3) is 0.619. The van der Waals surface area contributed by atoms with Crippen LogP contribution in [0, 0.1) is 34.5 Å². The van der Waals surface area contributed by atoms with E-state index in [9.17, 15) is 0 Å². The normalized spacial score (nSPS) is 52.2. The van der Waals surface area contributed by atoms with Gasteiger partial charge in [-0.2, -0.15) is 0 Å². The molecular weight excluding hydrogens is 252 g/mol. The van der Waals surface area contributed by atoms with E-state index in [1.165, 1.54) is 25.7 Å². The lowest BCUT2D eigenvalue weighted by Gasteiger charge is -2.46. The molecule has 0 nitrogen and oxygen atoms in total. The van der Waals surface area contributed by atoms with E-state index in [4.69, 9.17) is 0 Å². The molecule has 0 amide bonds. The van der Waals surface area contributed by atoms with Crippen molar-refractivity contribution >= 4 is 0 Å². The Morgan fingerprint density at radius 3 is 3.00 bits per heavy atom. The number of fused-ring (bicyclic) bond motifs is 4. The average molecular weight is 278 g/mol. The summed E-state index contributed by atoms with van der Waals surface area (Å²) in [4.78, 5) is 0. The van der Waals surface area contributed by atoms with E-state index in [1.54, 1.807) is 16.7 Å². The van der Waals surface area contributed by atoms with E-state index in [-0.39, 0.29) is 0 Å². The monoisotopic (exact) mass is 278 g/mol. The fourth-order valence-corrected chi connectivity index (χ4v) is 6.37. The molecule has 2 saturated carbocycles. The van der Waals surface area contributed by atoms with Crippen molar-refractivity contribution in [1.82, 2.24) is 0 Å². The lowest BCUT2D eigenvalue weighted by atomic mass is 9.57. The first-order valence-electron chi connectivity index (χ1n) is 8.81. The summed E-state index contributed by atoms with van der Waals surface area (Å²) in [6.07, 6.45) is 16.9. The minimum absolute atomic E-state index is 0.421. The van der Waals surface area contributed by atoms with Crippen LogP contribution in [0.15, 0.2) is 47.6 Å². The second-order valence-corrected chi connectivity index (χ2v) is 8.65. The molecule has 5 aliphatic carbocycles. The molecule has 21 heavy (non-hydrogen) atoms. The maximum Gasteiger partial charge on any atom is 0.0243 e. The molecular formula is C21H26. The number of hydrogen-bond acceptors (Lipinski definition) is 0. The zero-order valence-corrected chi connectivity index (χ0v) is 13.4. The number of rotatable bonds is 2. The maximum absolute atomic E-state index is 4.00. The van der Waals surface area contributed by atoms with Crippen LogP contribution >= 0.6 is 0 Å². The molecule has 5 rings (SSSR count). The largest absolute Gasteiger partial charge is 0.103 e. The lowest BCUT2D eigenvalue weighted by molar-refractivity contribution is 0.0618. The van der Waals surface area contributed by atoms with Gasteiger partial charge in [0.2, 0.25) is 0 Å². The van der Waals surface area contributed by atoms with E-state index in [2.05, 4.69) is 44.7 Å². The van der Waals surface area contributed by atoms with Gasteiger partial charge in [-0.05, 0) is 73.7 Å². The first-order chi connectivity index (χ1) is 10.1. The predicted molar refractivity (Wildman–Crippen MR) is 87.7 cm³/mol. The molecule has 0 heterocycles. The van der Waals surface area contributed by atoms with Gasteiger partial charge < -0.3 is 0 Å². The van der Waals surface area contributed by atoms with Crippen LogP contribution in [0.1, 0.15) is 46.0 Å². The van der Waals surface area contributed by atoms with Crippen LogP contribution in [0.3, 0.4) is 0 Å². The van der Waals surface area contributed by atoms with Crippen LogP contribution in [0.4, 0.5) is 0 Å². The van der Waals surface area contributed by atoms with Crippen molar-refractivity contribution in [1.29, 1.82) is 0 Å². The zero-order valence-electron chi connectivity index (χ0n) is 13.4. The predicted octanol–water partition coefficient (Wildman–Crippen LogP) is 5.45. The number of hydrogen-bond donors (Lipinski definition) is 0. The third-order valence-electron chi connectivity index (χ3n) is 7.52. The topological polar surface area (TPSA) is 0 Å². The summed E-state index contributed by atoms with van der Waals surface area (Å²) >= 11 is 0. The van der Waals surface area contributed by atoms with Crippen molar-refractivity contribution in [3.05, 3.63) is 47.6 Å². The summed E-state index contributed by atoms with van der Waals surface area (Å²) in [7, 11) is 0. The molecule has 6 unspecified atom stereocenters. The first-order valence-corrected chi connectivity index (χ1v) is 8.81. The molecule has 0 aromatic heterocycles. The van der Waals surface area contributed by atoms with Crippen LogP contribution in [0.25, 0.3) is 0 Å². The molecule has 6 atom stereocenters. The first kappa shape index (κ1) is 12.5. The third-order valence-corrected chi connectivity index (χ3v) is 7.52. The van der Waals surface area contributed by atoms with Crippen LogP contribution in [-0.4, -0.2) is 0 Å². The summed E-state index contributed by atoms with van der Waals surface area (Å²) in [5.74, 6) is 3.64. The van der Waals surface area contributed by atoms with Crippen LogP contribution in [0.5, 0.6) is 0 Å². The Bertz CT molecular complexity index is 630. The van der Waals surface area contributed by atoms with E-state index < -0.39 is 0 Å². The Morgan fingerprint density at radius 2 is 2.24 bits per heavy atom. The summed E-state index contributed by atoms with van der Waals surface area (Å²) in [5.41, 5.74) is 5.85. The molecule has 0 aliphatic heterocycles. The van der Waals surface area contributed by atoms with Gasteiger partial charge in [-0.25, -0.2) is 0 Å². The van der Waals surface area contributed by atoms with Crippen molar-refractivity contribution in [2.75, 3.05) is 0 Å². The second-order valence-electron chi connectivity index (χ2n) is 8.65. The molecule has 0 saturated heterocycles. The number of allylic oxidation sites excluding steroid dienone is 7. The Kier molecular flexibility index (Phi) is 2.17. The van der Waals surface area contributed by atoms with Crippen LogP contribution in [0.2, 0.25) is 0 Å². The van der Waals surface area contributed by atoms with Crippen molar-refractivity contribution < 1.29 is 0 Å². The van der Waals surface area contributed by atoms with Crippen molar-refractivity contribution in [3.8, 4) is 0 Å². The molecule has 1 spiro atoms. The minimum atomic E-state index is 0.421. The molecule has 2 fully saturated rings. The van der Waals surface area contributed by atoms with E-state index >= 15 is 0 Å². The highest BCUT2D eigenvalue weighted by atomic mass is 14.7. The molecule has 0 bridgehead atoms. The zero-order chi connectivity index (χ0) is 14.4. The summed E-state index contributed by atoms with van der Waals surface area (Å²) in [6, 6.07) is 0. The quantitative estimate of drug-likeness (QED) is 0.589. The summed E-state index contributed by atoms with van der Waals surface area (Å²) in [6.45, 7) is 8.96. The molecule has 0 heteroatoms. The highest BCUT2D eigenvalue weighted by Crippen LogP contribution is 2.74. The highest BCUT2D eigenvalue weighted by molar-refractivity contribution is 5.61. The third kappa shape index (κ3) is 1.42. The molecule has 110 valence electrons. The van der Waals surface area contributed by atoms with Gasteiger partial charge in [0.25, 0.3) is 0 Å². The minimum Gasteiger partial charge on any atom is -0.103 e. The van der Waals surface area contributed by atoms with Gasteiger partial charge in [0.15, 0.2) is 0 Å². The Balaban J connectivity index is 1.63. The van der Waals surface area contributed by atoms with Gasteiger partial charge in [0, 0.05) is 5.41 Å². The molecule has 0 N–H and O–H groups in total. The lowest BCUT2D eigenvalue weighted by Crippen LogP contribution is -2.40. The smallest absolute Gasteiger partial charge is 0.0243 e. The summed E-state index contributed by atoms with van der Waals surface area (Å²) < 4.78 is 0. The van der Waals surface area contributed by atoms with Crippen molar-refractivity contribution in [2.24, 2.45) is 34.5 Å². The second kappa shape index (κ2) is 3.65. The molecule has 0 radical (unpaired) electrons. The molecule has 0 aromatic rings. The summed E-state index contributed by atoms with van der Waals surface area (Å²) in [5, 5.41) is 0. The van der Waals surface area contributed by atoms with E-state index in [0.717, 1.165) is 30.1 Å². The van der Waals surface area contributed by atoms with Gasteiger partial charge in [-0.3, -0.25) is 0 Å². The van der Waals surface area contributed by atoms with Crippen molar-refractivity contribution in [3.63, 3.8) is 0 Å². The maximum atomic E-state index is 4.00. The van der Waals surface area contributed by atoms with Gasteiger partial charge in [0.05, 0.1) is 0 Å². The molecule has 5 aliphatic rings. The molecule has 0 aromatic carbocycles. The highest BCUT2D eigenvalue weighted by Gasteiger charge is 2.65. The van der Waals surface area contributed by atoms with Gasteiger partial charge >= 0.3 is 0 Å². The van der Waals surface area contributed by atoms with Crippen LogP contribution in [-0.2, 0) is 0 Å². The van der Waals surface area contributed by atoms with E-state index in [0.29, 0.717) is 10.8 Å². The van der Waals surface area contributed by atoms with Gasteiger partial charge in [-0.1, -0.05) is 42.4 Å². The average Bonchev–Trinajstić information content (AvgIpc) is 3.32. The van der Waals surface area contributed by atoms with Crippen molar-refractivity contribution in [2.45, 2.75) is 46.0 Å². The van der Waals surface area contributed by atoms with Gasteiger partial charge in [0.1, 0.15) is 0 Å². The Morgan fingerprint density at radius 1 is 1.38 bits per heavy atom. The van der Waals surface area contributed by atoms with E-state index in [1.807, 2.05) is 0 Å². The van der Waals surface area contributed by atoms with Crippen LogP contribution < -0.4 is 0 Å². The SMILES string of the molecule is C=CCC1=CC2C3CC3CCC2(C)C2C=C(C)C3=CC32C1. The van der Waals surface area contributed by atoms with Gasteiger partial charge in [-0.15, -0.1) is 6.58 Å². The fourth-order valence-electron chi connectivity index (χ4n) is 6.37. The Labute approximate surface area is 128 Å². The Hall–Kier alpha value is -1.04.